The normalized spacial score (nSPS) is 10.7. The Morgan fingerprint density at radius 2 is 1.90 bits per heavy atom. The van der Waals surface area contributed by atoms with E-state index in [0.717, 1.165) is 5.56 Å². The van der Waals surface area contributed by atoms with Gasteiger partial charge in [0.05, 0.1) is 6.10 Å². The van der Waals surface area contributed by atoms with Gasteiger partial charge in [-0.05, 0) is 38.5 Å². The second kappa shape index (κ2) is 5.73. The highest BCUT2D eigenvalue weighted by atomic mass is 19.1. The minimum Gasteiger partial charge on any atom is -0.473 e. The predicted molar refractivity (Wildman–Crippen MR) is 73.4 cm³/mol. The van der Waals surface area contributed by atoms with E-state index in [9.17, 15) is 4.39 Å². The Kier molecular flexibility index (Phi) is 4.02. The van der Waals surface area contributed by atoms with Crippen LogP contribution in [-0.4, -0.2) is 16.1 Å². The number of hydrogen-bond acceptors (Lipinski definition) is 5. The quantitative estimate of drug-likeness (QED) is 0.929. The fraction of sp³-hybridized carbons (Fsp3) is 0.286. The summed E-state index contributed by atoms with van der Waals surface area (Å²) in [5, 5.41) is 0. The van der Waals surface area contributed by atoms with Gasteiger partial charge < -0.3 is 15.2 Å². The fourth-order valence-corrected chi connectivity index (χ4v) is 1.56. The minimum atomic E-state index is -0.486. The second-order valence-electron chi connectivity index (χ2n) is 4.60. The first-order valence-electron chi connectivity index (χ1n) is 6.18. The van der Waals surface area contributed by atoms with Crippen LogP contribution in [0.3, 0.4) is 0 Å². The molecule has 0 aliphatic carbocycles. The molecule has 5 nitrogen and oxygen atoms in total. The number of ether oxygens (including phenoxy) is 2. The molecular formula is C14H16FN3O2. The zero-order valence-corrected chi connectivity index (χ0v) is 11.6. The molecule has 0 atom stereocenters. The van der Waals surface area contributed by atoms with Crippen molar-refractivity contribution in [2.45, 2.75) is 26.9 Å². The molecule has 2 N–H and O–H groups in total. The van der Waals surface area contributed by atoms with E-state index in [1.807, 2.05) is 20.8 Å². The van der Waals surface area contributed by atoms with Gasteiger partial charge in [-0.15, -0.1) is 0 Å². The lowest BCUT2D eigenvalue weighted by molar-refractivity contribution is 0.232. The molecule has 0 spiro atoms. The third-order valence-electron chi connectivity index (χ3n) is 2.45. The van der Waals surface area contributed by atoms with Crippen LogP contribution >= 0.6 is 0 Å². The highest BCUT2D eigenvalue weighted by Gasteiger charge is 2.14. The van der Waals surface area contributed by atoms with Crippen LogP contribution in [0.5, 0.6) is 17.5 Å². The van der Waals surface area contributed by atoms with Gasteiger partial charge in [0, 0.05) is 0 Å². The number of halogens is 1. The maximum atomic E-state index is 13.7. The lowest BCUT2D eigenvalue weighted by Gasteiger charge is -2.13. The van der Waals surface area contributed by atoms with Crippen molar-refractivity contribution >= 4 is 5.69 Å². The van der Waals surface area contributed by atoms with Crippen LogP contribution in [0.15, 0.2) is 24.5 Å². The number of nitrogen functional groups attached to an aromatic ring is 1. The highest BCUT2D eigenvalue weighted by Crippen LogP contribution is 2.32. The minimum absolute atomic E-state index is 0.0610. The van der Waals surface area contributed by atoms with Crippen molar-refractivity contribution in [3.05, 3.63) is 35.9 Å². The molecule has 0 amide bonds. The Morgan fingerprint density at radius 1 is 1.20 bits per heavy atom. The lowest BCUT2D eigenvalue weighted by Crippen LogP contribution is -2.10. The van der Waals surface area contributed by atoms with E-state index in [1.165, 1.54) is 12.4 Å². The first kappa shape index (κ1) is 14.0. The zero-order chi connectivity index (χ0) is 14.7. The van der Waals surface area contributed by atoms with Crippen LogP contribution in [0, 0.1) is 12.7 Å². The molecule has 2 rings (SSSR count). The van der Waals surface area contributed by atoms with Gasteiger partial charge in [0.2, 0.25) is 11.8 Å². The van der Waals surface area contributed by atoms with Gasteiger partial charge in [-0.2, -0.15) is 9.97 Å². The van der Waals surface area contributed by atoms with Gasteiger partial charge in [0.1, 0.15) is 6.33 Å². The monoisotopic (exact) mass is 277 g/mol. The third-order valence-corrected chi connectivity index (χ3v) is 2.45. The number of aryl methyl sites for hydroxylation is 1. The number of nitrogens with zero attached hydrogens (tertiary/aromatic N) is 2. The first-order valence-corrected chi connectivity index (χ1v) is 6.18. The average molecular weight is 277 g/mol. The topological polar surface area (TPSA) is 70.3 Å². The van der Waals surface area contributed by atoms with Crippen LogP contribution < -0.4 is 15.2 Å². The van der Waals surface area contributed by atoms with Gasteiger partial charge in [-0.1, -0.05) is 6.07 Å². The van der Waals surface area contributed by atoms with E-state index in [0.29, 0.717) is 0 Å². The molecule has 0 aliphatic rings. The molecule has 0 saturated carbocycles. The number of nitrogens with two attached hydrogens (primary N) is 1. The molecule has 106 valence electrons. The average Bonchev–Trinajstić information content (AvgIpc) is 2.38. The summed E-state index contributed by atoms with van der Waals surface area (Å²) in [6.07, 6.45) is 1.17. The van der Waals surface area contributed by atoms with E-state index in [2.05, 4.69) is 9.97 Å². The van der Waals surface area contributed by atoms with Crippen molar-refractivity contribution in [1.82, 2.24) is 9.97 Å². The zero-order valence-electron chi connectivity index (χ0n) is 11.6. The lowest BCUT2D eigenvalue weighted by atomic mass is 10.2. The van der Waals surface area contributed by atoms with Gasteiger partial charge in [0.25, 0.3) is 0 Å². The maximum Gasteiger partial charge on any atom is 0.249 e. The Morgan fingerprint density at radius 3 is 2.60 bits per heavy atom. The summed E-state index contributed by atoms with van der Waals surface area (Å²) in [7, 11) is 0. The summed E-state index contributed by atoms with van der Waals surface area (Å²) < 4.78 is 24.5. The van der Waals surface area contributed by atoms with Crippen molar-refractivity contribution in [3.63, 3.8) is 0 Å². The molecule has 0 radical (unpaired) electrons. The van der Waals surface area contributed by atoms with E-state index in [4.69, 9.17) is 15.2 Å². The van der Waals surface area contributed by atoms with Crippen molar-refractivity contribution in [1.29, 1.82) is 0 Å². The summed E-state index contributed by atoms with van der Waals surface area (Å²) in [4.78, 5) is 7.84. The Hall–Kier alpha value is -2.37. The molecule has 0 bridgehead atoms. The molecule has 1 aromatic carbocycles. The summed E-state index contributed by atoms with van der Waals surface area (Å²) >= 11 is 0. The smallest absolute Gasteiger partial charge is 0.249 e. The maximum absolute atomic E-state index is 13.7. The molecule has 0 saturated heterocycles. The van der Waals surface area contributed by atoms with Crippen molar-refractivity contribution in [2.24, 2.45) is 0 Å². The fourth-order valence-electron chi connectivity index (χ4n) is 1.56. The molecule has 1 heterocycles. The van der Waals surface area contributed by atoms with E-state index in [1.54, 1.807) is 12.1 Å². The van der Waals surface area contributed by atoms with Gasteiger partial charge >= 0.3 is 0 Å². The highest BCUT2D eigenvalue weighted by molar-refractivity contribution is 5.57. The third kappa shape index (κ3) is 3.14. The largest absolute Gasteiger partial charge is 0.473 e. The molecule has 1 aromatic heterocycles. The Labute approximate surface area is 116 Å². The first-order chi connectivity index (χ1) is 9.47. The van der Waals surface area contributed by atoms with Crippen LogP contribution in [0.1, 0.15) is 19.4 Å². The number of aromatic nitrogens is 2. The SMILES string of the molecule is Cc1ccc(F)c(Oc2ncnc(OC(C)C)c2N)c1. The number of rotatable bonds is 4. The number of anilines is 1. The molecule has 2 aromatic rings. The molecular weight excluding hydrogens is 261 g/mol. The second-order valence-corrected chi connectivity index (χ2v) is 4.60. The summed E-state index contributed by atoms with van der Waals surface area (Å²) in [6.45, 7) is 5.54. The number of hydrogen-bond donors (Lipinski definition) is 1. The van der Waals surface area contributed by atoms with Crippen molar-refractivity contribution < 1.29 is 13.9 Å². The number of benzene rings is 1. The van der Waals surface area contributed by atoms with Crippen LogP contribution in [0.4, 0.5) is 10.1 Å². The molecule has 20 heavy (non-hydrogen) atoms. The van der Waals surface area contributed by atoms with E-state index >= 15 is 0 Å². The van der Waals surface area contributed by atoms with Gasteiger partial charge in [-0.25, -0.2) is 4.39 Å². The van der Waals surface area contributed by atoms with E-state index < -0.39 is 5.82 Å². The Bertz CT molecular complexity index is 617. The Balaban J connectivity index is 2.32. The van der Waals surface area contributed by atoms with Gasteiger partial charge in [-0.3, -0.25) is 0 Å². The van der Waals surface area contributed by atoms with Crippen LogP contribution in [-0.2, 0) is 0 Å². The van der Waals surface area contributed by atoms with Gasteiger partial charge in [0.15, 0.2) is 17.3 Å². The van der Waals surface area contributed by atoms with Crippen molar-refractivity contribution in [3.8, 4) is 17.5 Å². The summed E-state index contributed by atoms with van der Waals surface area (Å²) in [5.74, 6) is -0.135. The van der Waals surface area contributed by atoms with Crippen molar-refractivity contribution in [2.75, 3.05) is 5.73 Å². The molecule has 0 unspecified atom stereocenters. The van der Waals surface area contributed by atoms with Crippen LogP contribution in [0.25, 0.3) is 0 Å². The molecule has 0 aliphatic heterocycles. The van der Waals surface area contributed by atoms with Crippen LogP contribution in [0.2, 0.25) is 0 Å². The van der Waals surface area contributed by atoms with E-state index in [-0.39, 0.29) is 29.3 Å². The summed E-state index contributed by atoms with van der Waals surface area (Å²) in [5.41, 5.74) is 6.88. The summed E-state index contributed by atoms with van der Waals surface area (Å²) in [6, 6.07) is 4.55. The predicted octanol–water partition coefficient (Wildman–Crippen LogP) is 3.09. The molecule has 0 fully saturated rings. The molecule has 6 heteroatoms. The standard InChI is InChI=1S/C14H16FN3O2/c1-8(2)19-13-12(16)14(18-7-17-13)20-11-6-9(3)4-5-10(11)15/h4-8H,16H2,1-3H3.